The predicted octanol–water partition coefficient (Wildman–Crippen LogP) is 0.464. The zero-order chi connectivity index (χ0) is 15.2. The van der Waals surface area contributed by atoms with Crippen molar-refractivity contribution in [3.05, 3.63) is 41.7 Å². The third-order valence-electron chi connectivity index (χ3n) is 2.84. The summed E-state index contributed by atoms with van der Waals surface area (Å²) in [7, 11) is 0. The molecule has 8 heteroatoms. The van der Waals surface area contributed by atoms with Crippen molar-refractivity contribution in [2.24, 2.45) is 5.73 Å². The minimum atomic E-state index is -1.18. The maximum absolute atomic E-state index is 11.8. The van der Waals surface area contributed by atoms with E-state index in [4.69, 9.17) is 10.8 Å². The monoisotopic (exact) mass is 289 g/mol. The second-order valence-electron chi connectivity index (χ2n) is 4.28. The van der Waals surface area contributed by atoms with Gasteiger partial charge in [-0.15, -0.1) is 5.10 Å². The van der Waals surface area contributed by atoms with Crippen molar-refractivity contribution in [2.45, 2.75) is 19.5 Å². The number of aromatic nitrogens is 3. The second kappa shape index (κ2) is 6.62. The Labute approximate surface area is 120 Å². The average molecular weight is 289 g/mol. The highest BCUT2D eigenvalue weighted by Crippen LogP contribution is 2.08. The first kappa shape index (κ1) is 14.7. The van der Waals surface area contributed by atoms with Gasteiger partial charge in [0.25, 0.3) is 0 Å². The van der Waals surface area contributed by atoms with Crippen LogP contribution in [0.4, 0.5) is 5.69 Å². The molecule has 8 nitrogen and oxygen atoms in total. The number of aryl methyl sites for hydroxylation is 1. The number of aromatic carboxylic acids is 1. The van der Waals surface area contributed by atoms with E-state index in [0.29, 0.717) is 11.4 Å². The molecule has 0 radical (unpaired) electrons. The van der Waals surface area contributed by atoms with E-state index < -0.39 is 5.97 Å². The fourth-order valence-corrected chi connectivity index (χ4v) is 1.83. The topological polar surface area (TPSA) is 123 Å². The van der Waals surface area contributed by atoms with Crippen molar-refractivity contribution in [1.29, 1.82) is 0 Å². The minimum Gasteiger partial charge on any atom is -0.476 e. The van der Waals surface area contributed by atoms with Gasteiger partial charge in [-0.05, 0) is 12.1 Å². The molecule has 0 spiro atoms. The van der Waals surface area contributed by atoms with Crippen molar-refractivity contribution >= 4 is 17.6 Å². The standard InChI is InChI=1S/C13H15N5O3/c14-8-10-12(13(20)21)16-17-18(10)7-6-11(19)15-9-4-2-1-3-5-9/h1-5H,6-8,14H2,(H,15,19)(H,20,21). The van der Waals surface area contributed by atoms with Gasteiger partial charge in [-0.25, -0.2) is 9.48 Å². The lowest BCUT2D eigenvalue weighted by Gasteiger charge is -2.06. The van der Waals surface area contributed by atoms with Crippen LogP contribution < -0.4 is 11.1 Å². The fraction of sp³-hybridized carbons (Fsp3) is 0.231. The van der Waals surface area contributed by atoms with E-state index >= 15 is 0 Å². The van der Waals surface area contributed by atoms with Gasteiger partial charge in [0.1, 0.15) is 0 Å². The van der Waals surface area contributed by atoms with Crippen LogP contribution in [0.2, 0.25) is 0 Å². The minimum absolute atomic E-state index is 0.00502. The number of benzene rings is 1. The molecule has 0 aliphatic carbocycles. The molecule has 1 aromatic heterocycles. The molecule has 2 rings (SSSR count). The Kier molecular flexibility index (Phi) is 4.62. The summed E-state index contributed by atoms with van der Waals surface area (Å²) in [6.07, 6.45) is 0.143. The van der Waals surface area contributed by atoms with Crippen LogP contribution in [-0.2, 0) is 17.9 Å². The first-order chi connectivity index (χ1) is 10.1. The lowest BCUT2D eigenvalue weighted by atomic mass is 10.3. The molecule has 1 heterocycles. The molecule has 0 saturated heterocycles. The molecule has 0 aliphatic heterocycles. The maximum Gasteiger partial charge on any atom is 0.358 e. The summed E-state index contributed by atoms with van der Waals surface area (Å²) in [4.78, 5) is 22.7. The quantitative estimate of drug-likeness (QED) is 0.710. The summed E-state index contributed by atoms with van der Waals surface area (Å²) >= 11 is 0. The van der Waals surface area contributed by atoms with Crippen molar-refractivity contribution in [3.8, 4) is 0 Å². The highest BCUT2D eigenvalue weighted by molar-refractivity contribution is 5.90. The van der Waals surface area contributed by atoms with Crippen LogP contribution in [-0.4, -0.2) is 32.0 Å². The van der Waals surface area contributed by atoms with Crippen LogP contribution in [0.15, 0.2) is 30.3 Å². The molecule has 0 atom stereocenters. The number of amides is 1. The number of carboxylic acids is 1. The number of carboxylic acid groups (broad SMARTS) is 1. The molecule has 110 valence electrons. The van der Waals surface area contributed by atoms with Gasteiger partial charge in [-0.3, -0.25) is 4.79 Å². The van der Waals surface area contributed by atoms with Gasteiger partial charge in [0.15, 0.2) is 5.69 Å². The first-order valence-electron chi connectivity index (χ1n) is 6.32. The summed E-state index contributed by atoms with van der Waals surface area (Å²) in [5, 5.41) is 18.9. The molecule has 0 aliphatic rings. The van der Waals surface area contributed by atoms with Gasteiger partial charge in [0.05, 0.1) is 12.2 Å². The molecule has 0 unspecified atom stereocenters. The number of hydrogen-bond donors (Lipinski definition) is 3. The van der Waals surface area contributed by atoms with Crippen molar-refractivity contribution < 1.29 is 14.7 Å². The Hall–Kier alpha value is -2.74. The average Bonchev–Trinajstić information content (AvgIpc) is 2.89. The van der Waals surface area contributed by atoms with Crippen LogP contribution in [0, 0.1) is 0 Å². The summed E-state index contributed by atoms with van der Waals surface area (Å²) in [5.74, 6) is -1.38. The number of nitrogens with one attached hydrogen (secondary N) is 1. The Balaban J connectivity index is 1.97. The van der Waals surface area contributed by atoms with Crippen molar-refractivity contribution in [2.75, 3.05) is 5.32 Å². The molecule has 1 amide bonds. The number of nitrogens with two attached hydrogens (primary N) is 1. The van der Waals surface area contributed by atoms with E-state index in [1.807, 2.05) is 18.2 Å². The number of para-hydroxylation sites is 1. The van der Waals surface area contributed by atoms with Crippen molar-refractivity contribution in [1.82, 2.24) is 15.0 Å². The van der Waals surface area contributed by atoms with Crippen molar-refractivity contribution in [3.63, 3.8) is 0 Å². The molecule has 0 bridgehead atoms. The van der Waals surface area contributed by atoms with Crippen LogP contribution in [0.1, 0.15) is 22.6 Å². The summed E-state index contributed by atoms with van der Waals surface area (Å²) < 4.78 is 1.34. The van der Waals surface area contributed by atoms with E-state index in [2.05, 4.69) is 15.6 Å². The third-order valence-corrected chi connectivity index (χ3v) is 2.84. The van der Waals surface area contributed by atoms with Gasteiger partial charge in [-0.1, -0.05) is 23.4 Å². The molecule has 0 fully saturated rings. The molecule has 21 heavy (non-hydrogen) atoms. The van der Waals surface area contributed by atoms with E-state index in [0.717, 1.165) is 0 Å². The SMILES string of the molecule is NCc1c(C(=O)O)nnn1CCC(=O)Nc1ccccc1. The Bertz CT molecular complexity index is 639. The summed E-state index contributed by atoms with van der Waals surface area (Å²) in [6.45, 7) is 0.209. The van der Waals surface area contributed by atoms with Gasteiger partial charge >= 0.3 is 5.97 Å². The highest BCUT2D eigenvalue weighted by Gasteiger charge is 2.17. The Morgan fingerprint density at radius 2 is 2.00 bits per heavy atom. The lowest BCUT2D eigenvalue weighted by molar-refractivity contribution is -0.116. The molecular formula is C13H15N5O3. The van der Waals surface area contributed by atoms with Gasteiger partial charge < -0.3 is 16.2 Å². The summed E-state index contributed by atoms with van der Waals surface area (Å²) in [6, 6.07) is 9.05. The Morgan fingerprint density at radius 3 is 2.62 bits per heavy atom. The maximum atomic E-state index is 11.8. The summed E-state index contributed by atoms with van der Waals surface area (Å²) in [5.41, 5.74) is 6.32. The number of anilines is 1. The van der Waals surface area contributed by atoms with E-state index in [1.165, 1.54) is 4.68 Å². The number of rotatable bonds is 6. The van der Waals surface area contributed by atoms with Gasteiger partial charge in [0, 0.05) is 18.7 Å². The predicted molar refractivity (Wildman–Crippen MR) is 74.6 cm³/mol. The van der Waals surface area contributed by atoms with E-state index in [1.54, 1.807) is 12.1 Å². The van der Waals surface area contributed by atoms with Gasteiger partial charge in [-0.2, -0.15) is 0 Å². The Morgan fingerprint density at radius 1 is 1.29 bits per heavy atom. The highest BCUT2D eigenvalue weighted by atomic mass is 16.4. The van der Waals surface area contributed by atoms with E-state index in [9.17, 15) is 9.59 Å². The molecular weight excluding hydrogens is 274 g/mol. The lowest BCUT2D eigenvalue weighted by Crippen LogP contribution is -2.18. The normalized spacial score (nSPS) is 10.3. The van der Waals surface area contributed by atoms with Crippen LogP contribution in [0.25, 0.3) is 0 Å². The molecule has 4 N–H and O–H groups in total. The van der Waals surface area contributed by atoms with Crippen LogP contribution in [0.3, 0.4) is 0 Å². The van der Waals surface area contributed by atoms with Crippen LogP contribution >= 0.6 is 0 Å². The fourth-order valence-electron chi connectivity index (χ4n) is 1.83. The second-order valence-corrected chi connectivity index (χ2v) is 4.28. The molecule has 2 aromatic rings. The van der Waals surface area contributed by atoms with E-state index in [-0.39, 0.29) is 31.1 Å². The number of nitrogens with zero attached hydrogens (tertiary/aromatic N) is 3. The largest absolute Gasteiger partial charge is 0.476 e. The van der Waals surface area contributed by atoms with Crippen LogP contribution in [0.5, 0.6) is 0 Å². The number of carbonyl (C=O) groups is 2. The first-order valence-corrected chi connectivity index (χ1v) is 6.32. The number of carbonyl (C=O) groups excluding carboxylic acids is 1. The third kappa shape index (κ3) is 3.63. The molecule has 1 aromatic carbocycles. The zero-order valence-electron chi connectivity index (χ0n) is 11.2. The number of hydrogen-bond acceptors (Lipinski definition) is 5. The zero-order valence-corrected chi connectivity index (χ0v) is 11.2. The smallest absolute Gasteiger partial charge is 0.358 e. The molecule has 0 saturated carbocycles. The van der Waals surface area contributed by atoms with Gasteiger partial charge in [0.2, 0.25) is 5.91 Å².